The van der Waals surface area contributed by atoms with E-state index in [1.165, 1.54) is 0 Å². The second-order valence-electron chi connectivity index (χ2n) is 3.84. The maximum Gasteiger partial charge on any atom is 0.335 e. The number of hydrogen-bond acceptors (Lipinski definition) is 4. The molecule has 2 aromatic rings. The van der Waals surface area contributed by atoms with E-state index >= 15 is 0 Å². The largest absolute Gasteiger partial charge is 0.478 e. The molecule has 0 aromatic heterocycles. The first kappa shape index (κ1) is 14.0. The Balaban J connectivity index is 1.95. The molecule has 0 aliphatic carbocycles. The first-order valence-corrected chi connectivity index (χ1v) is 7.81. The van der Waals surface area contributed by atoms with Gasteiger partial charge in [0.1, 0.15) is 0 Å². The van der Waals surface area contributed by atoms with Gasteiger partial charge in [-0.15, -0.1) is 0 Å². The molecule has 0 atom stereocenters. The van der Waals surface area contributed by atoms with Gasteiger partial charge in [-0.25, -0.2) is 4.79 Å². The van der Waals surface area contributed by atoms with Gasteiger partial charge in [0.15, 0.2) is 0 Å². The molecule has 2 rings (SSSR count). The Bertz CT molecular complexity index is 553. The molecule has 0 amide bonds. The predicted octanol–water partition coefficient (Wildman–Crippen LogP) is 3.64. The zero-order chi connectivity index (χ0) is 13.7. The molecule has 98 valence electrons. The Morgan fingerprint density at radius 1 is 0.947 bits per heavy atom. The summed E-state index contributed by atoms with van der Waals surface area (Å²) in [7, 11) is 3.24. The second-order valence-corrected chi connectivity index (χ2v) is 6.12. The van der Waals surface area contributed by atoms with Crippen molar-refractivity contribution in [3.05, 3.63) is 59.7 Å². The highest BCUT2D eigenvalue weighted by molar-refractivity contribution is 8.76. The molecule has 0 saturated carbocycles. The maximum absolute atomic E-state index is 10.7. The fraction of sp³-hybridized carbons (Fsp3) is 0.0714. The third kappa shape index (κ3) is 4.02. The Labute approximate surface area is 119 Å². The summed E-state index contributed by atoms with van der Waals surface area (Å²) in [5.74, 6) is -0.901. The molecule has 0 spiro atoms. The minimum atomic E-state index is -0.901. The lowest BCUT2D eigenvalue weighted by molar-refractivity contribution is 0.0697. The number of carboxylic acid groups (broad SMARTS) is 1. The van der Waals surface area contributed by atoms with Crippen LogP contribution in [0.3, 0.4) is 0 Å². The van der Waals surface area contributed by atoms with Crippen molar-refractivity contribution in [3.8, 4) is 0 Å². The van der Waals surface area contributed by atoms with E-state index in [-0.39, 0.29) is 0 Å². The van der Waals surface area contributed by atoms with E-state index in [9.17, 15) is 4.79 Å². The first-order valence-electron chi connectivity index (χ1n) is 5.66. The van der Waals surface area contributed by atoms with Gasteiger partial charge in [0.25, 0.3) is 0 Å². The van der Waals surface area contributed by atoms with Gasteiger partial charge in [-0.2, -0.15) is 0 Å². The number of aromatic carboxylic acids is 1. The molecule has 0 aliphatic heterocycles. The van der Waals surface area contributed by atoms with Gasteiger partial charge in [0, 0.05) is 16.3 Å². The van der Waals surface area contributed by atoms with Crippen LogP contribution in [0.5, 0.6) is 0 Å². The van der Waals surface area contributed by atoms with Crippen LogP contribution < -0.4 is 5.73 Å². The van der Waals surface area contributed by atoms with Crippen molar-refractivity contribution in [2.75, 3.05) is 0 Å². The van der Waals surface area contributed by atoms with E-state index in [1.807, 2.05) is 36.4 Å². The van der Waals surface area contributed by atoms with Crippen molar-refractivity contribution in [2.45, 2.75) is 16.3 Å². The van der Waals surface area contributed by atoms with Gasteiger partial charge in [-0.05, 0) is 42.0 Å². The van der Waals surface area contributed by atoms with Crippen LogP contribution in [0, 0.1) is 0 Å². The number of carbonyl (C=O) groups is 1. The zero-order valence-corrected chi connectivity index (χ0v) is 11.7. The molecule has 2 aromatic carbocycles. The van der Waals surface area contributed by atoms with Crippen molar-refractivity contribution in [3.63, 3.8) is 0 Å². The number of hydrogen-bond donors (Lipinski definition) is 2. The van der Waals surface area contributed by atoms with Crippen LogP contribution in [0.4, 0.5) is 0 Å². The lowest BCUT2D eigenvalue weighted by Crippen LogP contribution is -1.94. The van der Waals surface area contributed by atoms with Crippen molar-refractivity contribution in [1.29, 1.82) is 0 Å². The Hall–Kier alpha value is -1.43. The zero-order valence-electron chi connectivity index (χ0n) is 10.1. The van der Waals surface area contributed by atoms with Crippen LogP contribution in [0.15, 0.2) is 58.3 Å². The van der Waals surface area contributed by atoms with Crippen LogP contribution in [-0.4, -0.2) is 11.1 Å². The number of benzene rings is 2. The van der Waals surface area contributed by atoms with Crippen molar-refractivity contribution in [2.24, 2.45) is 5.73 Å². The Morgan fingerprint density at radius 2 is 1.42 bits per heavy atom. The average molecular weight is 291 g/mol. The SMILES string of the molecule is NCc1ccc(SSc2ccc(C(=O)O)cc2)cc1. The van der Waals surface area contributed by atoms with E-state index in [0.29, 0.717) is 12.1 Å². The molecule has 0 saturated heterocycles. The van der Waals surface area contributed by atoms with Gasteiger partial charge >= 0.3 is 5.97 Å². The smallest absolute Gasteiger partial charge is 0.335 e. The van der Waals surface area contributed by atoms with Gasteiger partial charge in [-0.3, -0.25) is 0 Å². The first-order chi connectivity index (χ1) is 9.19. The minimum absolute atomic E-state index is 0.307. The summed E-state index contributed by atoms with van der Waals surface area (Å²) in [4.78, 5) is 12.9. The molecular formula is C14H13NO2S2. The monoisotopic (exact) mass is 291 g/mol. The van der Waals surface area contributed by atoms with Crippen LogP contribution in [-0.2, 0) is 6.54 Å². The molecule has 5 heteroatoms. The summed E-state index contributed by atoms with van der Waals surface area (Å²) in [5.41, 5.74) is 6.96. The summed E-state index contributed by atoms with van der Waals surface area (Å²) in [6, 6.07) is 14.9. The van der Waals surface area contributed by atoms with Crippen molar-refractivity contribution < 1.29 is 9.90 Å². The van der Waals surface area contributed by atoms with Crippen molar-refractivity contribution in [1.82, 2.24) is 0 Å². The lowest BCUT2D eigenvalue weighted by Gasteiger charge is -2.03. The summed E-state index contributed by atoms with van der Waals surface area (Å²) < 4.78 is 0. The highest BCUT2D eigenvalue weighted by Crippen LogP contribution is 2.37. The van der Waals surface area contributed by atoms with Crippen LogP contribution in [0.2, 0.25) is 0 Å². The van der Waals surface area contributed by atoms with Gasteiger partial charge in [0.2, 0.25) is 0 Å². The lowest BCUT2D eigenvalue weighted by atomic mass is 10.2. The van der Waals surface area contributed by atoms with Crippen molar-refractivity contribution >= 4 is 27.6 Å². The Morgan fingerprint density at radius 3 is 1.84 bits per heavy atom. The number of nitrogens with two attached hydrogens (primary N) is 1. The maximum atomic E-state index is 10.7. The fourth-order valence-corrected chi connectivity index (χ4v) is 3.36. The average Bonchev–Trinajstić information content (AvgIpc) is 2.46. The highest BCUT2D eigenvalue weighted by atomic mass is 33.1. The summed E-state index contributed by atoms with van der Waals surface area (Å²) in [5, 5.41) is 8.81. The Kier molecular flexibility index (Phi) is 4.90. The quantitative estimate of drug-likeness (QED) is 0.823. The van der Waals surface area contributed by atoms with Gasteiger partial charge < -0.3 is 10.8 Å². The van der Waals surface area contributed by atoms with E-state index in [0.717, 1.165) is 15.4 Å². The van der Waals surface area contributed by atoms with E-state index in [2.05, 4.69) is 0 Å². The van der Waals surface area contributed by atoms with Gasteiger partial charge in [0.05, 0.1) is 5.56 Å². The molecule has 0 heterocycles. The standard InChI is InChI=1S/C14H13NO2S2/c15-9-10-1-5-12(6-2-10)18-19-13-7-3-11(4-8-13)14(16)17/h1-8H,9,15H2,(H,16,17). The molecule has 19 heavy (non-hydrogen) atoms. The summed E-state index contributed by atoms with van der Waals surface area (Å²) in [6.07, 6.45) is 0. The summed E-state index contributed by atoms with van der Waals surface area (Å²) in [6.45, 7) is 0.550. The van der Waals surface area contributed by atoms with E-state index in [1.54, 1.807) is 33.7 Å². The minimum Gasteiger partial charge on any atom is -0.478 e. The third-order valence-corrected chi connectivity index (χ3v) is 4.91. The van der Waals surface area contributed by atoms with Crippen LogP contribution in [0.25, 0.3) is 0 Å². The molecular weight excluding hydrogens is 278 g/mol. The number of rotatable bonds is 5. The molecule has 3 nitrogen and oxygen atoms in total. The van der Waals surface area contributed by atoms with Gasteiger partial charge in [-0.1, -0.05) is 33.7 Å². The summed E-state index contributed by atoms with van der Waals surface area (Å²) >= 11 is 0. The molecule has 3 N–H and O–H groups in total. The van der Waals surface area contributed by atoms with Crippen LogP contribution in [0.1, 0.15) is 15.9 Å². The molecule has 0 aliphatic rings. The predicted molar refractivity (Wildman–Crippen MR) is 79.4 cm³/mol. The van der Waals surface area contributed by atoms with Crippen LogP contribution >= 0.6 is 21.6 Å². The molecule has 0 unspecified atom stereocenters. The fourth-order valence-electron chi connectivity index (χ4n) is 1.43. The third-order valence-electron chi connectivity index (χ3n) is 2.49. The second kappa shape index (κ2) is 6.65. The molecule has 0 radical (unpaired) electrons. The molecule has 0 fully saturated rings. The number of carboxylic acids is 1. The highest BCUT2D eigenvalue weighted by Gasteiger charge is 2.03. The van der Waals surface area contributed by atoms with E-state index in [4.69, 9.17) is 10.8 Å². The topological polar surface area (TPSA) is 63.3 Å². The molecule has 0 bridgehead atoms. The van der Waals surface area contributed by atoms with E-state index < -0.39 is 5.97 Å². The normalized spacial score (nSPS) is 10.4.